The van der Waals surface area contributed by atoms with Crippen LogP contribution in [-0.2, 0) is 18.9 Å². The van der Waals surface area contributed by atoms with Crippen LogP contribution in [0.4, 0.5) is 0 Å². The molecule has 0 aromatic rings. The highest BCUT2D eigenvalue weighted by atomic mass is 16.7. The normalized spacial score (nSPS) is 50.0. The highest BCUT2D eigenvalue weighted by Gasteiger charge is 2.50. The summed E-state index contributed by atoms with van der Waals surface area (Å²) < 4.78 is 20.6. The van der Waals surface area contributed by atoms with E-state index in [1.54, 1.807) is 0 Å². The van der Waals surface area contributed by atoms with E-state index in [2.05, 4.69) is 0 Å². The zero-order valence-electron chi connectivity index (χ0n) is 13.0. The van der Waals surface area contributed by atoms with Crippen LogP contribution in [0.5, 0.6) is 0 Å². The third kappa shape index (κ3) is 3.71. The van der Waals surface area contributed by atoms with E-state index in [1.165, 1.54) is 7.11 Å². The van der Waals surface area contributed by atoms with Crippen molar-refractivity contribution in [2.24, 2.45) is 0 Å². The third-order valence-electron chi connectivity index (χ3n) is 4.19. The van der Waals surface area contributed by atoms with Crippen LogP contribution >= 0.6 is 0 Å². The van der Waals surface area contributed by atoms with Gasteiger partial charge < -0.3 is 54.7 Å². The van der Waals surface area contributed by atoms with Gasteiger partial charge in [0.05, 0.1) is 13.2 Å². The van der Waals surface area contributed by atoms with Crippen LogP contribution in [0, 0.1) is 0 Å². The highest BCUT2D eigenvalue weighted by molar-refractivity contribution is 4.93. The molecule has 11 nitrogen and oxygen atoms in total. The number of rotatable bonds is 5. The van der Waals surface area contributed by atoms with Crippen molar-refractivity contribution in [1.82, 2.24) is 0 Å². The fraction of sp³-hybridized carbons (Fsp3) is 1.00. The van der Waals surface area contributed by atoms with E-state index < -0.39 is 74.6 Å². The molecule has 0 aromatic heterocycles. The van der Waals surface area contributed by atoms with Crippen molar-refractivity contribution < 1.29 is 54.7 Å². The van der Waals surface area contributed by atoms with E-state index in [4.69, 9.17) is 24.1 Å². The molecule has 2 saturated heterocycles. The Hall–Kier alpha value is -0.440. The van der Waals surface area contributed by atoms with Gasteiger partial charge in [-0.05, 0) is 0 Å². The fourth-order valence-electron chi connectivity index (χ4n) is 2.75. The number of hydrogen-bond donors (Lipinski definition) is 7. The summed E-state index contributed by atoms with van der Waals surface area (Å²) in [6.07, 6.45) is -14.3. The summed E-state index contributed by atoms with van der Waals surface area (Å²) >= 11 is 0. The Labute approximate surface area is 137 Å². The van der Waals surface area contributed by atoms with Crippen LogP contribution in [-0.4, -0.2) is 117 Å². The number of methoxy groups -OCH3 is 1. The zero-order valence-corrected chi connectivity index (χ0v) is 13.0. The van der Waals surface area contributed by atoms with Crippen molar-refractivity contribution in [3.63, 3.8) is 0 Å². The van der Waals surface area contributed by atoms with Crippen LogP contribution < -0.4 is 0 Å². The lowest BCUT2D eigenvalue weighted by Crippen LogP contribution is -2.64. The predicted molar refractivity (Wildman–Crippen MR) is 73.4 cm³/mol. The van der Waals surface area contributed by atoms with E-state index >= 15 is 0 Å². The van der Waals surface area contributed by atoms with E-state index in [-0.39, 0.29) is 0 Å². The van der Waals surface area contributed by atoms with Crippen LogP contribution in [0.2, 0.25) is 0 Å². The predicted octanol–water partition coefficient (Wildman–Crippen LogP) is -4.74. The number of aliphatic hydroxyl groups excluding tert-OH is 7. The molecule has 0 saturated carbocycles. The lowest BCUT2D eigenvalue weighted by molar-refractivity contribution is -0.357. The lowest BCUT2D eigenvalue weighted by atomic mass is 9.97. The Morgan fingerprint density at radius 1 is 0.708 bits per heavy atom. The summed E-state index contributed by atoms with van der Waals surface area (Å²) in [5, 5.41) is 68.0. The molecule has 7 N–H and O–H groups in total. The first-order valence-corrected chi connectivity index (χ1v) is 7.46. The van der Waals surface area contributed by atoms with Gasteiger partial charge in [0.1, 0.15) is 48.8 Å². The van der Waals surface area contributed by atoms with Crippen LogP contribution in [0.15, 0.2) is 0 Å². The standard InChI is InChI=1S/C13H24O11/c1-21-12-10(20)8(18)11(5(3-15)23-12)24-13-9(19)7(17)6(16)4(2-14)22-13/h4-20H,2-3H2,1H3/t4-,5-,6+,7+,8-,9-,10-,11-,12-,13-/m1/s1. The SMILES string of the molecule is CO[C@@H]1O[C@H](CO)[C@@H](O[C@H]2O[C@H](CO)[C@H](O)[C@H](O)[C@H]2O)[C@H](O)[C@H]1O. The Morgan fingerprint density at radius 3 is 1.79 bits per heavy atom. The van der Waals surface area contributed by atoms with Crippen molar-refractivity contribution >= 4 is 0 Å². The molecule has 0 aliphatic carbocycles. The summed E-state index contributed by atoms with van der Waals surface area (Å²) in [5.41, 5.74) is 0. The average molecular weight is 356 g/mol. The number of aliphatic hydroxyl groups is 7. The molecule has 11 heteroatoms. The number of ether oxygens (including phenoxy) is 4. The minimum absolute atomic E-state index is 0.592. The Morgan fingerprint density at radius 2 is 1.25 bits per heavy atom. The molecule has 0 bridgehead atoms. The topological polar surface area (TPSA) is 179 Å². The van der Waals surface area contributed by atoms with Crippen molar-refractivity contribution in [2.45, 2.75) is 61.4 Å². The highest BCUT2D eigenvalue weighted by Crippen LogP contribution is 2.29. The van der Waals surface area contributed by atoms with Crippen molar-refractivity contribution in [1.29, 1.82) is 0 Å². The first kappa shape index (κ1) is 19.9. The molecule has 0 aromatic carbocycles. The van der Waals surface area contributed by atoms with Gasteiger partial charge in [0.2, 0.25) is 0 Å². The molecular formula is C13H24O11. The average Bonchev–Trinajstić information content (AvgIpc) is 2.59. The maximum Gasteiger partial charge on any atom is 0.187 e. The fourth-order valence-corrected chi connectivity index (χ4v) is 2.75. The molecule has 0 spiro atoms. The molecule has 2 aliphatic heterocycles. The van der Waals surface area contributed by atoms with Gasteiger partial charge in [0.15, 0.2) is 12.6 Å². The second-order valence-electron chi connectivity index (χ2n) is 5.74. The van der Waals surface area contributed by atoms with E-state index in [0.29, 0.717) is 0 Å². The molecule has 10 atom stereocenters. The zero-order chi connectivity index (χ0) is 18.0. The van der Waals surface area contributed by atoms with Crippen LogP contribution in [0.3, 0.4) is 0 Å². The minimum Gasteiger partial charge on any atom is -0.394 e. The molecule has 2 rings (SSSR count). The summed E-state index contributed by atoms with van der Waals surface area (Å²) in [6.45, 7) is -1.24. The Balaban J connectivity index is 2.12. The molecule has 2 fully saturated rings. The van der Waals surface area contributed by atoms with Crippen LogP contribution in [0.1, 0.15) is 0 Å². The van der Waals surface area contributed by atoms with Crippen LogP contribution in [0.25, 0.3) is 0 Å². The molecule has 0 radical (unpaired) electrons. The molecule has 0 unspecified atom stereocenters. The summed E-state index contributed by atoms with van der Waals surface area (Å²) in [6, 6.07) is 0. The summed E-state index contributed by atoms with van der Waals surface area (Å²) in [5.74, 6) is 0. The molecule has 0 amide bonds. The molecular weight excluding hydrogens is 332 g/mol. The maximum absolute atomic E-state index is 10.2. The third-order valence-corrected chi connectivity index (χ3v) is 4.19. The molecule has 2 aliphatic rings. The van der Waals surface area contributed by atoms with Gasteiger partial charge >= 0.3 is 0 Å². The summed E-state index contributed by atoms with van der Waals surface area (Å²) in [7, 11) is 1.24. The minimum atomic E-state index is -1.69. The number of hydrogen-bond acceptors (Lipinski definition) is 11. The van der Waals surface area contributed by atoms with Gasteiger partial charge in [-0.3, -0.25) is 0 Å². The van der Waals surface area contributed by atoms with E-state index in [9.17, 15) is 30.6 Å². The van der Waals surface area contributed by atoms with Gasteiger partial charge in [0.25, 0.3) is 0 Å². The van der Waals surface area contributed by atoms with Gasteiger partial charge in [-0.2, -0.15) is 0 Å². The van der Waals surface area contributed by atoms with E-state index in [0.717, 1.165) is 0 Å². The Bertz CT molecular complexity index is 392. The van der Waals surface area contributed by atoms with Gasteiger partial charge in [-0.1, -0.05) is 0 Å². The van der Waals surface area contributed by atoms with Crippen molar-refractivity contribution in [3.8, 4) is 0 Å². The largest absolute Gasteiger partial charge is 0.394 e. The second-order valence-corrected chi connectivity index (χ2v) is 5.74. The van der Waals surface area contributed by atoms with Gasteiger partial charge in [-0.15, -0.1) is 0 Å². The molecule has 24 heavy (non-hydrogen) atoms. The van der Waals surface area contributed by atoms with Crippen molar-refractivity contribution in [2.75, 3.05) is 20.3 Å². The monoisotopic (exact) mass is 356 g/mol. The van der Waals surface area contributed by atoms with Crippen molar-refractivity contribution in [3.05, 3.63) is 0 Å². The molecule has 142 valence electrons. The van der Waals surface area contributed by atoms with Gasteiger partial charge in [-0.25, -0.2) is 0 Å². The first-order chi connectivity index (χ1) is 11.3. The first-order valence-electron chi connectivity index (χ1n) is 7.46. The van der Waals surface area contributed by atoms with E-state index in [1.807, 2.05) is 0 Å². The lowest BCUT2D eigenvalue weighted by Gasteiger charge is -2.45. The van der Waals surface area contributed by atoms with Gasteiger partial charge in [0, 0.05) is 7.11 Å². The maximum atomic E-state index is 10.2. The smallest absolute Gasteiger partial charge is 0.187 e. The quantitative estimate of drug-likeness (QED) is 0.251. The Kier molecular flexibility index (Phi) is 6.87. The second kappa shape index (κ2) is 8.29. The molecule has 2 heterocycles. The summed E-state index contributed by atoms with van der Waals surface area (Å²) in [4.78, 5) is 0.